The van der Waals surface area contributed by atoms with Crippen LogP contribution in [0.25, 0.3) is 0 Å². The number of aryl methyl sites for hydroxylation is 1. The van der Waals surface area contributed by atoms with Crippen LogP contribution in [0.3, 0.4) is 0 Å². The highest BCUT2D eigenvalue weighted by Crippen LogP contribution is 2.47. The van der Waals surface area contributed by atoms with Gasteiger partial charge < -0.3 is 5.32 Å². The van der Waals surface area contributed by atoms with Gasteiger partial charge in [-0.15, -0.1) is 0 Å². The molecular weight excluding hydrogens is 337 g/mol. The number of nitrogens with one attached hydrogen (secondary N) is 1. The van der Waals surface area contributed by atoms with E-state index in [9.17, 15) is 4.79 Å². The van der Waals surface area contributed by atoms with Gasteiger partial charge in [-0.3, -0.25) is 4.79 Å². The molecule has 0 aromatic carbocycles. The van der Waals surface area contributed by atoms with E-state index in [1.165, 1.54) is 0 Å². The second-order valence-electron chi connectivity index (χ2n) is 2.83. The molecule has 74 valence electrons. The molecule has 0 spiro atoms. The third-order valence-electron chi connectivity index (χ3n) is 1.89. The van der Waals surface area contributed by atoms with Crippen LogP contribution in [-0.4, -0.2) is 15.9 Å². The Labute approximate surface area is 102 Å². The lowest BCUT2D eigenvalue weighted by Crippen LogP contribution is -2.20. The van der Waals surface area contributed by atoms with Crippen molar-refractivity contribution in [2.75, 3.05) is 5.32 Å². The summed E-state index contributed by atoms with van der Waals surface area (Å²) in [5.41, 5.74) is 1.33. The molecule has 7 heteroatoms. The fourth-order valence-electron chi connectivity index (χ4n) is 1.30. The van der Waals surface area contributed by atoms with Crippen molar-refractivity contribution in [3.8, 4) is 0 Å². The van der Waals surface area contributed by atoms with Gasteiger partial charge in [0.2, 0.25) is 5.28 Å². The van der Waals surface area contributed by atoms with Gasteiger partial charge in [-0.1, -0.05) is 31.9 Å². The third kappa shape index (κ3) is 1.36. The first kappa shape index (κ1) is 10.3. The van der Waals surface area contributed by atoms with Crippen molar-refractivity contribution in [3.05, 3.63) is 16.5 Å². The largest absolute Gasteiger partial charge is 0.308 e. The smallest absolute Gasteiger partial charge is 0.258 e. The summed E-state index contributed by atoms with van der Waals surface area (Å²) < 4.78 is -0.940. The normalized spacial score (nSPS) is 17.9. The van der Waals surface area contributed by atoms with E-state index in [1.54, 1.807) is 6.92 Å². The molecule has 1 amide bonds. The van der Waals surface area contributed by atoms with Crippen LogP contribution in [0, 0.1) is 6.92 Å². The van der Waals surface area contributed by atoms with Crippen molar-refractivity contribution < 1.29 is 4.79 Å². The number of hydrogen-bond acceptors (Lipinski definition) is 3. The number of carbonyl (C=O) groups is 1. The zero-order chi connectivity index (χ0) is 10.5. The number of alkyl halides is 2. The standard InChI is InChI=1S/C7H4Br2ClN3O/c1-2-3-4(13-6(10)11-2)12-5(14)7(3,8)9/h1H3,(H,11,12,13,14). The van der Waals surface area contributed by atoms with E-state index in [1.807, 2.05) is 0 Å². The summed E-state index contributed by atoms with van der Waals surface area (Å²) in [5, 5.41) is 2.73. The van der Waals surface area contributed by atoms with Gasteiger partial charge in [-0.2, -0.15) is 4.98 Å². The lowest BCUT2D eigenvalue weighted by Gasteiger charge is -2.11. The van der Waals surface area contributed by atoms with E-state index in [-0.39, 0.29) is 11.2 Å². The average Bonchev–Trinajstić information content (AvgIpc) is 2.21. The molecule has 1 aliphatic rings. The van der Waals surface area contributed by atoms with Crippen molar-refractivity contribution in [1.29, 1.82) is 0 Å². The molecule has 0 bridgehead atoms. The monoisotopic (exact) mass is 339 g/mol. The molecule has 0 unspecified atom stereocenters. The molecule has 1 aliphatic heterocycles. The number of rotatable bonds is 0. The maximum absolute atomic E-state index is 11.5. The lowest BCUT2D eigenvalue weighted by atomic mass is 10.2. The third-order valence-corrected chi connectivity index (χ3v) is 3.58. The van der Waals surface area contributed by atoms with Gasteiger partial charge in [0.15, 0.2) is 3.23 Å². The molecule has 0 fully saturated rings. The number of nitrogens with zero attached hydrogens (tertiary/aromatic N) is 2. The molecule has 0 aliphatic carbocycles. The number of amides is 1. The van der Waals surface area contributed by atoms with Crippen molar-refractivity contribution in [2.24, 2.45) is 0 Å². The molecule has 4 nitrogen and oxygen atoms in total. The fourth-order valence-corrected chi connectivity index (χ4v) is 2.66. The van der Waals surface area contributed by atoms with Gasteiger partial charge in [-0.25, -0.2) is 4.98 Å². The van der Waals surface area contributed by atoms with Crippen molar-refractivity contribution >= 4 is 55.2 Å². The second kappa shape index (κ2) is 3.15. The molecule has 1 N–H and O–H groups in total. The first-order chi connectivity index (χ1) is 6.43. The van der Waals surface area contributed by atoms with Gasteiger partial charge in [0.05, 0.1) is 11.3 Å². The molecule has 1 aromatic rings. The minimum absolute atomic E-state index is 0.124. The van der Waals surface area contributed by atoms with Crippen LogP contribution in [0.4, 0.5) is 5.82 Å². The molecule has 2 rings (SSSR count). The molecule has 0 atom stereocenters. The highest BCUT2D eigenvalue weighted by molar-refractivity contribution is 9.25. The summed E-state index contributed by atoms with van der Waals surface area (Å²) in [6.45, 7) is 1.77. The van der Waals surface area contributed by atoms with Crippen LogP contribution < -0.4 is 5.32 Å². The van der Waals surface area contributed by atoms with Crippen LogP contribution in [0.1, 0.15) is 11.3 Å². The van der Waals surface area contributed by atoms with E-state index in [0.29, 0.717) is 17.1 Å². The molecule has 14 heavy (non-hydrogen) atoms. The predicted molar refractivity (Wildman–Crippen MR) is 59.9 cm³/mol. The van der Waals surface area contributed by atoms with Gasteiger partial charge >= 0.3 is 0 Å². The second-order valence-corrected chi connectivity index (χ2v) is 6.61. The Kier molecular flexibility index (Phi) is 2.32. The Morgan fingerprint density at radius 2 is 2.07 bits per heavy atom. The molecule has 2 heterocycles. The number of anilines is 1. The van der Waals surface area contributed by atoms with E-state index < -0.39 is 3.23 Å². The summed E-state index contributed by atoms with van der Waals surface area (Å²) in [6.07, 6.45) is 0. The highest BCUT2D eigenvalue weighted by Gasteiger charge is 2.45. The first-order valence-corrected chi connectivity index (χ1v) is 5.63. The highest BCUT2D eigenvalue weighted by atomic mass is 79.9. The number of fused-ring (bicyclic) bond motifs is 1. The SMILES string of the molecule is Cc1nc(Cl)nc2c1C(Br)(Br)C(=O)N2. The molecule has 0 radical (unpaired) electrons. The predicted octanol–water partition coefficient (Wildman–Crippen LogP) is 2.33. The van der Waals surface area contributed by atoms with Crippen LogP contribution in [0.5, 0.6) is 0 Å². The van der Waals surface area contributed by atoms with Crippen LogP contribution in [0.15, 0.2) is 0 Å². The summed E-state index contributed by atoms with van der Waals surface area (Å²) >= 11 is 12.2. The van der Waals surface area contributed by atoms with Crippen LogP contribution >= 0.6 is 43.5 Å². The number of carbonyl (C=O) groups excluding carboxylic acids is 1. The van der Waals surface area contributed by atoms with E-state index in [2.05, 4.69) is 47.1 Å². The molecule has 0 saturated heterocycles. The van der Waals surface area contributed by atoms with E-state index in [4.69, 9.17) is 11.6 Å². The minimum Gasteiger partial charge on any atom is -0.308 e. The summed E-state index contributed by atoms with van der Waals surface area (Å²) in [7, 11) is 0. The van der Waals surface area contributed by atoms with Gasteiger partial charge in [0.25, 0.3) is 5.91 Å². The Morgan fingerprint density at radius 3 is 2.71 bits per heavy atom. The summed E-state index contributed by atoms with van der Waals surface area (Å²) in [6, 6.07) is 0. The Balaban J connectivity index is 2.71. The maximum Gasteiger partial charge on any atom is 0.258 e. The van der Waals surface area contributed by atoms with E-state index >= 15 is 0 Å². The molecule has 1 aromatic heterocycles. The fraction of sp³-hybridized carbons (Fsp3) is 0.286. The lowest BCUT2D eigenvalue weighted by molar-refractivity contribution is -0.115. The number of halogens is 3. The minimum atomic E-state index is -0.940. The molecular formula is C7H4Br2ClN3O. The Hall–Kier alpha value is -0.200. The van der Waals surface area contributed by atoms with Gasteiger partial charge in [0.1, 0.15) is 5.82 Å². The maximum atomic E-state index is 11.5. The summed E-state index contributed by atoms with van der Waals surface area (Å²) in [4.78, 5) is 19.4. The average molecular weight is 341 g/mol. The summed E-state index contributed by atoms with van der Waals surface area (Å²) in [5.74, 6) is 0.216. The first-order valence-electron chi connectivity index (χ1n) is 3.67. The number of hydrogen-bond donors (Lipinski definition) is 1. The topological polar surface area (TPSA) is 54.9 Å². The Bertz CT molecular complexity index is 435. The van der Waals surface area contributed by atoms with Crippen molar-refractivity contribution in [1.82, 2.24) is 9.97 Å². The zero-order valence-electron chi connectivity index (χ0n) is 6.94. The van der Waals surface area contributed by atoms with Gasteiger partial charge in [-0.05, 0) is 18.5 Å². The zero-order valence-corrected chi connectivity index (χ0v) is 10.9. The molecule has 0 saturated carbocycles. The van der Waals surface area contributed by atoms with Crippen molar-refractivity contribution in [2.45, 2.75) is 10.2 Å². The van der Waals surface area contributed by atoms with Crippen LogP contribution in [-0.2, 0) is 8.03 Å². The quantitative estimate of drug-likeness (QED) is 0.582. The van der Waals surface area contributed by atoms with Crippen molar-refractivity contribution in [3.63, 3.8) is 0 Å². The van der Waals surface area contributed by atoms with E-state index in [0.717, 1.165) is 0 Å². The number of aromatic nitrogens is 2. The van der Waals surface area contributed by atoms with Crippen LogP contribution in [0.2, 0.25) is 5.28 Å². The van der Waals surface area contributed by atoms with Gasteiger partial charge in [0, 0.05) is 0 Å². The Morgan fingerprint density at radius 1 is 1.43 bits per heavy atom.